The molecule has 0 radical (unpaired) electrons. The molecular weight excluding hydrogens is 284 g/mol. The van der Waals surface area contributed by atoms with Gasteiger partial charge in [-0.1, -0.05) is 12.1 Å². The van der Waals surface area contributed by atoms with Crippen LogP contribution >= 0.6 is 11.3 Å². The van der Waals surface area contributed by atoms with Crippen LogP contribution in [0.15, 0.2) is 24.3 Å². The fraction of sp³-hybridized carbons (Fsp3) is 0.333. The number of aryl methyl sites for hydroxylation is 2. The van der Waals surface area contributed by atoms with Gasteiger partial charge in [-0.05, 0) is 31.5 Å². The van der Waals surface area contributed by atoms with E-state index in [4.69, 9.17) is 11.5 Å². The second-order valence-electron chi connectivity index (χ2n) is 5.11. The Labute approximate surface area is 128 Å². The number of primary amides is 1. The van der Waals surface area contributed by atoms with Crippen LogP contribution in [-0.2, 0) is 17.9 Å². The Morgan fingerprint density at radius 3 is 2.67 bits per heavy atom. The lowest BCUT2D eigenvalue weighted by Gasteiger charge is -2.19. The number of hydrogen-bond acceptors (Lipinski definition) is 5. The van der Waals surface area contributed by atoms with Crippen LogP contribution in [0.25, 0.3) is 0 Å². The predicted molar refractivity (Wildman–Crippen MR) is 85.8 cm³/mol. The van der Waals surface area contributed by atoms with Crippen molar-refractivity contribution in [3.05, 3.63) is 45.4 Å². The second kappa shape index (κ2) is 6.69. The molecule has 0 aliphatic rings. The molecule has 0 aliphatic carbocycles. The van der Waals surface area contributed by atoms with Crippen LogP contribution in [0, 0.1) is 13.8 Å². The van der Waals surface area contributed by atoms with Crippen LogP contribution in [0.4, 0.5) is 5.69 Å². The normalized spacial score (nSPS) is 11.0. The van der Waals surface area contributed by atoms with Gasteiger partial charge in [0, 0.05) is 17.1 Å². The third-order valence-corrected chi connectivity index (χ3v) is 4.23. The second-order valence-corrected chi connectivity index (χ2v) is 6.39. The number of nitrogens with zero attached hydrogens (tertiary/aromatic N) is 2. The highest BCUT2D eigenvalue weighted by Crippen LogP contribution is 2.19. The first-order valence-corrected chi connectivity index (χ1v) is 7.53. The van der Waals surface area contributed by atoms with E-state index < -0.39 is 0 Å². The molecule has 2 rings (SSSR count). The molecule has 1 aromatic carbocycles. The fourth-order valence-corrected chi connectivity index (χ4v) is 3.11. The van der Waals surface area contributed by atoms with Crippen molar-refractivity contribution >= 4 is 22.9 Å². The first kappa shape index (κ1) is 15.5. The maximum absolute atomic E-state index is 11.3. The number of benzene rings is 1. The van der Waals surface area contributed by atoms with Gasteiger partial charge >= 0.3 is 0 Å². The number of rotatable bonds is 6. The van der Waals surface area contributed by atoms with E-state index in [1.165, 1.54) is 4.88 Å². The number of hydrogen-bond donors (Lipinski definition) is 2. The zero-order chi connectivity index (χ0) is 15.4. The molecule has 0 spiro atoms. The third kappa shape index (κ3) is 4.54. The number of thiazole rings is 1. The summed E-state index contributed by atoms with van der Waals surface area (Å²) in [6, 6.07) is 7.65. The summed E-state index contributed by atoms with van der Waals surface area (Å²) in [6.07, 6.45) is 0. The minimum Gasteiger partial charge on any atom is -0.399 e. The van der Waals surface area contributed by atoms with Crippen LogP contribution in [0.1, 0.15) is 21.1 Å². The van der Waals surface area contributed by atoms with Crippen LogP contribution in [0.5, 0.6) is 0 Å². The number of nitrogen functional groups attached to an aromatic ring is 1. The molecule has 4 N–H and O–H groups in total. The van der Waals surface area contributed by atoms with E-state index in [1.54, 1.807) is 11.3 Å². The van der Waals surface area contributed by atoms with Gasteiger partial charge in [-0.2, -0.15) is 0 Å². The van der Waals surface area contributed by atoms with Crippen LogP contribution < -0.4 is 11.5 Å². The van der Waals surface area contributed by atoms with Crippen molar-refractivity contribution in [3.63, 3.8) is 0 Å². The lowest BCUT2D eigenvalue weighted by atomic mass is 10.2. The van der Waals surface area contributed by atoms with Crippen molar-refractivity contribution in [1.29, 1.82) is 0 Å². The molecule has 1 heterocycles. The maximum atomic E-state index is 11.3. The van der Waals surface area contributed by atoms with Gasteiger partial charge in [-0.3, -0.25) is 9.69 Å². The summed E-state index contributed by atoms with van der Waals surface area (Å²) in [7, 11) is 0. The van der Waals surface area contributed by atoms with E-state index in [9.17, 15) is 4.79 Å². The van der Waals surface area contributed by atoms with Gasteiger partial charge in [-0.15, -0.1) is 11.3 Å². The average molecular weight is 304 g/mol. The van der Waals surface area contributed by atoms with Crippen molar-refractivity contribution in [2.75, 3.05) is 12.3 Å². The summed E-state index contributed by atoms with van der Waals surface area (Å²) < 4.78 is 0. The van der Waals surface area contributed by atoms with Gasteiger partial charge in [0.1, 0.15) is 5.01 Å². The summed E-state index contributed by atoms with van der Waals surface area (Å²) in [4.78, 5) is 19.0. The standard InChI is InChI=1S/C15H20N4OS/c1-10-11(2)21-15(18-10)9-19(8-14(17)20)7-12-4-3-5-13(16)6-12/h3-6H,7-9,16H2,1-2H3,(H2,17,20). The molecule has 2 aromatic rings. The molecule has 0 fully saturated rings. The van der Waals surface area contributed by atoms with Crippen molar-refractivity contribution in [2.45, 2.75) is 26.9 Å². The zero-order valence-electron chi connectivity index (χ0n) is 12.3. The van der Waals surface area contributed by atoms with Gasteiger partial charge in [0.15, 0.2) is 0 Å². The quantitative estimate of drug-likeness (QED) is 0.797. The first-order chi connectivity index (χ1) is 9.94. The molecular formula is C15H20N4OS. The van der Waals surface area contributed by atoms with Gasteiger partial charge in [0.25, 0.3) is 0 Å². The van der Waals surface area contributed by atoms with Crippen molar-refractivity contribution in [3.8, 4) is 0 Å². The number of carbonyl (C=O) groups excluding carboxylic acids is 1. The van der Waals surface area contributed by atoms with E-state index in [0.717, 1.165) is 16.3 Å². The summed E-state index contributed by atoms with van der Waals surface area (Å²) >= 11 is 1.65. The summed E-state index contributed by atoms with van der Waals surface area (Å²) in [6.45, 7) is 5.47. The lowest BCUT2D eigenvalue weighted by molar-refractivity contribution is -0.119. The average Bonchev–Trinajstić information content (AvgIpc) is 2.67. The smallest absolute Gasteiger partial charge is 0.231 e. The zero-order valence-corrected chi connectivity index (χ0v) is 13.1. The number of nitrogens with two attached hydrogens (primary N) is 2. The van der Waals surface area contributed by atoms with E-state index >= 15 is 0 Å². The van der Waals surface area contributed by atoms with Crippen molar-refractivity contribution in [2.24, 2.45) is 5.73 Å². The van der Waals surface area contributed by atoms with Gasteiger partial charge < -0.3 is 11.5 Å². The Kier molecular flexibility index (Phi) is 4.93. The molecule has 21 heavy (non-hydrogen) atoms. The number of aromatic nitrogens is 1. The minimum absolute atomic E-state index is 0.201. The fourth-order valence-electron chi connectivity index (χ4n) is 2.14. The number of amides is 1. The molecule has 112 valence electrons. The Balaban J connectivity index is 2.12. The van der Waals surface area contributed by atoms with Crippen LogP contribution in [-0.4, -0.2) is 22.3 Å². The molecule has 1 amide bonds. The third-order valence-electron chi connectivity index (χ3n) is 3.17. The topological polar surface area (TPSA) is 85.2 Å². The lowest BCUT2D eigenvalue weighted by Crippen LogP contribution is -2.33. The molecule has 0 bridgehead atoms. The number of anilines is 1. The molecule has 0 atom stereocenters. The van der Waals surface area contributed by atoms with Crippen molar-refractivity contribution in [1.82, 2.24) is 9.88 Å². The van der Waals surface area contributed by atoms with Gasteiger partial charge in [0.05, 0.1) is 18.8 Å². The van der Waals surface area contributed by atoms with Crippen LogP contribution in [0.2, 0.25) is 0 Å². The Morgan fingerprint density at radius 2 is 2.10 bits per heavy atom. The van der Waals surface area contributed by atoms with E-state index in [1.807, 2.05) is 43.0 Å². The summed E-state index contributed by atoms with van der Waals surface area (Å²) in [5.41, 5.74) is 13.9. The molecule has 0 saturated heterocycles. The largest absolute Gasteiger partial charge is 0.399 e. The minimum atomic E-state index is -0.344. The van der Waals surface area contributed by atoms with E-state index in [2.05, 4.69) is 4.98 Å². The van der Waals surface area contributed by atoms with E-state index in [0.29, 0.717) is 18.8 Å². The summed E-state index contributed by atoms with van der Waals surface area (Å²) in [5, 5.41) is 0.996. The molecule has 0 unspecified atom stereocenters. The maximum Gasteiger partial charge on any atom is 0.231 e. The summed E-state index contributed by atoms with van der Waals surface area (Å²) in [5.74, 6) is -0.344. The van der Waals surface area contributed by atoms with Gasteiger partial charge in [-0.25, -0.2) is 4.98 Å². The molecule has 0 aliphatic heterocycles. The molecule has 5 nitrogen and oxygen atoms in total. The highest BCUT2D eigenvalue weighted by molar-refractivity contribution is 7.11. The highest BCUT2D eigenvalue weighted by Gasteiger charge is 2.13. The van der Waals surface area contributed by atoms with E-state index in [-0.39, 0.29) is 12.5 Å². The Morgan fingerprint density at radius 1 is 1.33 bits per heavy atom. The number of carbonyl (C=O) groups is 1. The van der Waals surface area contributed by atoms with Crippen molar-refractivity contribution < 1.29 is 4.79 Å². The predicted octanol–water partition coefficient (Wildman–Crippen LogP) is 1.83. The van der Waals surface area contributed by atoms with Gasteiger partial charge in [0.2, 0.25) is 5.91 Å². The monoisotopic (exact) mass is 304 g/mol. The molecule has 1 aromatic heterocycles. The Bertz CT molecular complexity index is 619. The molecule has 6 heteroatoms. The SMILES string of the molecule is Cc1nc(CN(CC(N)=O)Cc2cccc(N)c2)sc1C. The highest BCUT2D eigenvalue weighted by atomic mass is 32.1. The Hall–Kier alpha value is -1.92. The first-order valence-electron chi connectivity index (χ1n) is 6.72. The molecule has 0 saturated carbocycles. The van der Waals surface area contributed by atoms with Crippen LogP contribution in [0.3, 0.4) is 0 Å².